The van der Waals surface area contributed by atoms with Crippen LogP contribution < -0.4 is 5.32 Å². The van der Waals surface area contributed by atoms with Crippen molar-refractivity contribution in [1.29, 1.82) is 0 Å². The molecule has 1 aromatic carbocycles. The molecule has 1 aromatic rings. The molecule has 1 rings (SSSR count). The number of benzene rings is 1. The van der Waals surface area contributed by atoms with Crippen LogP contribution in [-0.2, 0) is 4.79 Å². The van der Waals surface area contributed by atoms with Crippen LogP contribution in [0.25, 0.3) is 0 Å². The third-order valence-corrected chi connectivity index (χ3v) is 3.13. The molecule has 0 heterocycles. The zero-order valence-corrected chi connectivity index (χ0v) is 10.9. The normalized spacial score (nSPS) is 13.7. The molecule has 0 aliphatic heterocycles. The summed E-state index contributed by atoms with van der Waals surface area (Å²) in [6.45, 7) is 1.32. The fourth-order valence-electron chi connectivity index (χ4n) is 1.36. The summed E-state index contributed by atoms with van der Waals surface area (Å²) in [7, 11) is 0. The Morgan fingerprint density at radius 1 is 1.28 bits per heavy atom. The van der Waals surface area contributed by atoms with E-state index in [1.54, 1.807) is 36.0 Å². The second-order valence-electron chi connectivity index (χ2n) is 3.76. The molecule has 2 atom stereocenters. The number of rotatable bonds is 5. The molecule has 98 valence electrons. The molecule has 0 aliphatic rings. The van der Waals surface area contributed by atoms with Crippen LogP contribution in [0.1, 0.15) is 17.3 Å². The lowest BCUT2D eigenvalue weighted by atomic mass is 10.1. The van der Waals surface area contributed by atoms with E-state index in [1.807, 2.05) is 6.26 Å². The molecule has 0 fully saturated rings. The Labute approximate surface area is 109 Å². The highest BCUT2D eigenvalue weighted by atomic mass is 32.2. The Balaban J connectivity index is 2.77. The number of aliphatic carboxylic acids is 1. The van der Waals surface area contributed by atoms with Crippen molar-refractivity contribution in [2.75, 3.05) is 6.26 Å². The molecule has 0 saturated carbocycles. The molecule has 0 radical (unpaired) electrons. The summed E-state index contributed by atoms with van der Waals surface area (Å²) < 4.78 is 0. The van der Waals surface area contributed by atoms with Gasteiger partial charge in [-0.2, -0.15) is 0 Å². The zero-order valence-electron chi connectivity index (χ0n) is 10.1. The Bertz CT molecular complexity index is 430. The molecular weight excluding hydrogens is 254 g/mol. The van der Waals surface area contributed by atoms with E-state index >= 15 is 0 Å². The average molecular weight is 269 g/mol. The third kappa shape index (κ3) is 3.75. The molecular formula is C12H15NO4S. The second kappa shape index (κ2) is 6.42. The summed E-state index contributed by atoms with van der Waals surface area (Å²) >= 11 is 1.55. The predicted octanol–water partition coefficient (Wildman–Crippen LogP) is 0.972. The van der Waals surface area contributed by atoms with Crippen LogP contribution in [-0.4, -0.2) is 40.5 Å². The van der Waals surface area contributed by atoms with E-state index in [9.17, 15) is 14.7 Å². The maximum absolute atomic E-state index is 11.8. The first-order chi connectivity index (χ1) is 8.45. The van der Waals surface area contributed by atoms with E-state index in [0.29, 0.717) is 5.56 Å². The minimum absolute atomic E-state index is 0.361. The van der Waals surface area contributed by atoms with Gasteiger partial charge < -0.3 is 15.5 Å². The van der Waals surface area contributed by atoms with Crippen LogP contribution >= 0.6 is 11.8 Å². The lowest BCUT2D eigenvalue weighted by Crippen LogP contribution is -2.47. The lowest BCUT2D eigenvalue weighted by Gasteiger charge is -2.17. The molecule has 3 N–H and O–H groups in total. The molecule has 0 aromatic heterocycles. The van der Waals surface area contributed by atoms with Crippen molar-refractivity contribution in [2.24, 2.45) is 0 Å². The number of carboxylic acids is 1. The molecule has 0 saturated heterocycles. The van der Waals surface area contributed by atoms with Crippen LogP contribution in [0.2, 0.25) is 0 Å². The first-order valence-corrected chi connectivity index (χ1v) is 6.54. The van der Waals surface area contributed by atoms with Gasteiger partial charge in [0, 0.05) is 10.5 Å². The van der Waals surface area contributed by atoms with Gasteiger partial charge in [-0.1, -0.05) is 0 Å². The van der Waals surface area contributed by atoms with E-state index in [2.05, 4.69) is 5.32 Å². The molecule has 0 unspecified atom stereocenters. The highest BCUT2D eigenvalue weighted by Crippen LogP contribution is 2.14. The number of carbonyl (C=O) groups excluding carboxylic acids is 1. The topological polar surface area (TPSA) is 86.6 Å². The van der Waals surface area contributed by atoms with E-state index in [1.165, 1.54) is 6.92 Å². The summed E-state index contributed by atoms with van der Waals surface area (Å²) in [5.74, 6) is -1.78. The van der Waals surface area contributed by atoms with Gasteiger partial charge >= 0.3 is 5.97 Å². The average Bonchev–Trinajstić information content (AvgIpc) is 2.35. The fourth-order valence-corrected chi connectivity index (χ4v) is 1.76. The fraction of sp³-hybridized carbons (Fsp3) is 0.333. The zero-order chi connectivity index (χ0) is 13.7. The number of thioether (sulfide) groups is 1. The maximum atomic E-state index is 11.8. The third-order valence-electron chi connectivity index (χ3n) is 2.39. The van der Waals surface area contributed by atoms with Gasteiger partial charge in [-0.3, -0.25) is 4.79 Å². The van der Waals surface area contributed by atoms with Crippen molar-refractivity contribution in [1.82, 2.24) is 5.32 Å². The SMILES string of the molecule is CSc1ccc(C(=O)N[C@H](C(=O)O)[C@@H](C)O)cc1. The van der Waals surface area contributed by atoms with Crippen molar-refractivity contribution in [2.45, 2.75) is 24.0 Å². The highest BCUT2D eigenvalue weighted by molar-refractivity contribution is 7.98. The van der Waals surface area contributed by atoms with Crippen molar-refractivity contribution in [3.8, 4) is 0 Å². The van der Waals surface area contributed by atoms with E-state index in [4.69, 9.17) is 5.11 Å². The summed E-state index contributed by atoms with van der Waals surface area (Å²) in [6, 6.07) is 5.47. The predicted molar refractivity (Wildman–Crippen MR) is 68.8 cm³/mol. The Hall–Kier alpha value is -1.53. The van der Waals surface area contributed by atoms with Gasteiger partial charge in [-0.05, 0) is 37.4 Å². The van der Waals surface area contributed by atoms with Crippen LogP contribution in [0.5, 0.6) is 0 Å². The minimum atomic E-state index is -1.31. The van der Waals surface area contributed by atoms with E-state index in [0.717, 1.165) is 4.90 Å². The largest absolute Gasteiger partial charge is 0.480 e. The molecule has 0 aliphatic carbocycles. The van der Waals surface area contributed by atoms with Crippen molar-refractivity contribution < 1.29 is 19.8 Å². The van der Waals surface area contributed by atoms with Gasteiger partial charge in [0.15, 0.2) is 6.04 Å². The number of carbonyl (C=O) groups is 2. The number of aliphatic hydroxyl groups excluding tert-OH is 1. The van der Waals surface area contributed by atoms with Gasteiger partial charge in [0.25, 0.3) is 5.91 Å². The van der Waals surface area contributed by atoms with Crippen LogP contribution in [0.3, 0.4) is 0 Å². The summed E-state index contributed by atoms with van der Waals surface area (Å²) in [4.78, 5) is 23.6. The number of hydrogen-bond acceptors (Lipinski definition) is 4. The second-order valence-corrected chi connectivity index (χ2v) is 4.64. The minimum Gasteiger partial charge on any atom is -0.480 e. The number of nitrogens with one attached hydrogen (secondary N) is 1. The molecule has 0 spiro atoms. The summed E-state index contributed by atoms with van der Waals surface area (Å²) in [5, 5.41) is 20.4. The van der Waals surface area contributed by atoms with Crippen LogP contribution in [0.4, 0.5) is 0 Å². The van der Waals surface area contributed by atoms with Crippen LogP contribution in [0, 0.1) is 0 Å². The number of carboxylic acid groups (broad SMARTS) is 1. The number of aliphatic hydroxyl groups is 1. The molecule has 1 amide bonds. The van der Waals surface area contributed by atoms with Crippen molar-refractivity contribution >= 4 is 23.6 Å². The molecule has 6 heteroatoms. The molecule has 18 heavy (non-hydrogen) atoms. The monoisotopic (exact) mass is 269 g/mol. The van der Waals surface area contributed by atoms with Gasteiger partial charge in [-0.25, -0.2) is 4.79 Å². The Morgan fingerprint density at radius 2 is 1.83 bits per heavy atom. The highest BCUT2D eigenvalue weighted by Gasteiger charge is 2.25. The van der Waals surface area contributed by atoms with Crippen molar-refractivity contribution in [3.05, 3.63) is 29.8 Å². The number of hydrogen-bond donors (Lipinski definition) is 3. The quantitative estimate of drug-likeness (QED) is 0.693. The Kier molecular flexibility index (Phi) is 5.18. The molecule has 0 bridgehead atoms. The van der Waals surface area contributed by atoms with Gasteiger partial charge in [-0.15, -0.1) is 11.8 Å². The van der Waals surface area contributed by atoms with Gasteiger partial charge in [0.2, 0.25) is 0 Å². The summed E-state index contributed by atoms with van der Waals surface area (Å²) in [6.07, 6.45) is 0.764. The summed E-state index contributed by atoms with van der Waals surface area (Å²) in [5.41, 5.74) is 0.361. The smallest absolute Gasteiger partial charge is 0.328 e. The lowest BCUT2D eigenvalue weighted by molar-refractivity contribution is -0.141. The first kappa shape index (κ1) is 14.5. The van der Waals surface area contributed by atoms with Crippen molar-refractivity contribution in [3.63, 3.8) is 0 Å². The first-order valence-electron chi connectivity index (χ1n) is 5.31. The van der Waals surface area contributed by atoms with E-state index < -0.39 is 24.0 Å². The van der Waals surface area contributed by atoms with Crippen LogP contribution in [0.15, 0.2) is 29.2 Å². The van der Waals surface area contributed by atoms with Gasteiger partial charge in [0.05, 0.1) is 6.10 Å². The Morgan fingerprint density at radius 3 is 2.22 bits per heavy atom. The molecule has 5 nitrogen and oxygen atoms in total. The standard InChI is InChI=1S/C12H15NO4S/c1-7(14)10(12(16)17)13-11(15)8-3-5-9(18-2)6-4-8/h3-7,10,14H,1-2H3,(H,13,15)(H,16,17)/t7-,10+/m1/s1. The number of amides is 1. The maximum Gasteiger partial charge on any atom is 0.328 e. The van der Waals surface area contributed by atoms with Gasteiger partial charge in [0.1, 0.15) is 0 Å². The van der Waals surface area contributed by atoms with E-state index in [-0.39, 0.29) is 0 Å².